The van der Waals surface area contributed by atoms with Crippen molar-refractivity contribution in [3.63, 3.8) is 0 Å². The van der Waals surface area contributed by atoms with Crippen LogP contribution in [0.4, 0.5) is 13.2 Å². The first-order valence-electron chi connectivity index (χ1n) is 7.82. The summed E-state index contributed by atoms with van der Waals surface area (Å²) in [7, 11) is -3.85. The minimum atomic E-state index is -3.85. The third-order valence-corrected chi connectivity index (χ3v) is 5.18. The van der Waals surface area contributed by atoms with Crippen molar-refractivity contribution in [1.82, 2.24) is 4.72 Å². The highest BCUT2D eigenvalue weighted by Gasteiger charge is 2.41. The van der Waals surface area contributed by atoms with Crippen LogP contribution in [0.25, 0.3) is 0 Å². The molecule has 0 saturated heterocycles. The van der Waals surface area contributed by atoms with Crippen molar-refractivity contribution in [1.29, 1.82) is 0 Å². The molecule has 1 aliphatic carbocycles. The molecular formula is C16H19ClF3NO4S. The van der Waals surface area contributed by atoms with E-state index in [9.17, 15) is 26.4 Å². The molecule has 1 saturated carbocycles. The molecule has 0 bridgehead atoms. The Morgan fingerprint density at radius 2 is 1.85 bits per heavy atom. The summed E-state index contributed by atoms with van der Waals surface area (Å²) < 4.78 is 70.2. The smallest absolute Gasteiger partial charge is 0.267 e. The Bertz CT molecular complexity index is 804. The molecule has 0 atom stereocenters. The van der Waals surface area contributed by atoms with Crippen molar-refractivity contribution in [2.75, 3.05) is 6.26 Å². The number of alkyl halides is 2. The first kappa shape index (κ1) is 21.0. The maximum absolute atomic E-state index is 14.1. The monoisotopic (exact) mass is 413 g/mol. The van der Waals surface area contributed by atoms with Gasteiger partial charge in [0.25, 0.3) is 5.91 Å². The highest BCUT2D eigenvalue weighted by molar-refractivity contribution is 7.89. The van der Waals surface area contributed by atoms with E-state index in [1.54, 1.807) is 11.6 Å². The fourth-order valence-corrected chi connectivity index (χ4v) is 3.30. The lowest BCUT2D eigenvalue weighted by Gasteiger charge is -2.37. The maximum atomic E-state index is 14.1. The summed E-state index contributed by atoms with van der Waals surface area (Å²) in [6.07, 6.45) is 0.525. The van der Waals surface area contributed by atoms with Crippen molar-refractivity contribution in [3.8, 4) is 0 Å². The largest absolute Gasteiger partial charge is 0.371 e. The van der Waals surface area contributed by atoms with E-state index in [-0.39, 0.29) is 42.9 Å². The van der Waals surface area contributed by atoms with Crippen LogP contribution in [0.3, 0.4) is 0 Å². The van der Waals surface area contributed by atoms with Crippen LogP contribution in [0.5, 0.6) is 0 Å². The van der Waals surface area contributed by atoms with E-state index < -0.39 is 38.8 Å². The number of carbonyl (C=O) groups excluding carboxylic acids is 1. The number of ether oxygens (including phenoxy) is 1. The molecule has 0 aromatic heterocycles. The average Bonchev–Trinajstić information content (AvgIpc) is 2.49. The fourth-order valence-electron chi connectivity index (χ4n) is 2.64. The number of halogens is 4. The van der Waals surface area contributed by atoms with Gasteiger partial charge in [0, 0.05) is 17.9 Å². The molecule has 1 fully saturated rings. The third-order valence-electron chi connectivity index (χ3n) is 4.27. The van der Waals surface area contributed by atoms with Crippen molar-refractivity contribution in [2.24, 2.45) is 0 Å². The SMILES string of the molecule is CC1(OCc2cc(F)c(C(=O)NS(C)(=O)=O)cc2Cl)CCC(F)(F)CC1. The van der Waals surface area contributed by atoms with Crippen molar-refractivity contribution >= 4 is 27.5 Å². The summed E-state index contributed by atoms with van der Waals surface area (Å²) in [5.74, 6) is -4.79. The van der Waals surface area contributed by atoms with E-state index >= 15 is 0 Å². The molecular weight excluding hydrogens is 395 g/mol. The summed E-state index contributed by atoms with van der Waals surface area (Å²) in [6.45, 7) is 1.59. The van der Waals surface area contributed by atoms with E-state index in [0.717, 1.165) is 18.4 Å². The van der Waals surface area contributed by atoms with E-state index in [1.165, 1.54) is 0 Å². The summed E-state index contributed by atoms with van der Waals surface area (Å²) in [5.41, 5.74) is -1.06. The third kappa shape index (κ3) is 5.59. The number of hydrogen-bond donors (Lipinski definition) is 1. The van der Waals surface area contributed by atoms with Crippen molar-refractivity contribution in [2.45, 2.75) is 50.7 Å². The number of nitrogens with one attached hydrogen (secondary N) is 1. The molecule has 0 unspecified atom stereocenters. The molecule has 1 amide bonds. The Hall–Kier alpha value is -1.32. The number of sulfonamides is 1. The second-order valence-electron chi connectivity index (χ2n) is 6.72. The average molecular weight is 414 g/mol. The Morgan fingerprint density at radius 1 is 1.27 bits per heavy atom. The molecule has 146 valence electrons. The highest BCUT2D eigenvalue weighted by atomic mass is 35.5. The van der Waals surface area contributed by atoms with Crippen molar-refractivity contribution < 1.29 is 31.1 Å². The lowest BCUT2D eigenvalue weighted by molar-refractivity contribution is -0.129. The Balaban J connectivity index is 2.10. The quantitative estimate of drug-likeness (QED) is 0.799. The van der Waals surface area contributed by atoms with Gasteiger partial charge < -0.3 is 4.74 Å². The lowest BCUT2D eigenvalue weighted by Crippen LogP contribution is -2.38. The summed E-state index contributed by atoms with van der Waals surface area (Å²) in [5, 5.41) is 0.00907. The first-order chi connectivity index (χ1) is 11.8. The maximum Gasteiger partial charge on any atom is 0.267 e. The number of carbonyl (C=O) groups is 1. The van der Waals surface area contributed by atoms with Gasteiger partial charge >= 0.3 is 0 Å². The molecule has 1 aliphatic rings. The first-order valence-corrected chi connectivity index (χ1v) is 10.1. The summed E-state index contributed by atoms with van der Waals surface area (Å²) in [6, 6.07) is 1.98. The van der Waals surface area contributed by atoms with Gasteiger partial charge in [-0.05, 0) is 37.5 Å². The molecule has 0 heterocycles. The van der Waals surface area contributed by atoms with E-state index in [0.29, 0.717) is 0 Å². The van der Waals surface area contributed by atoms with E-state index in [1.807, 2.05) is 0 Å². The minimum absolute atomic E-state index is 0.00907. The predicted molar refractivity (Wildman–Crippen MR) is 90.3 cm³/mol. The molecule has 1 aromatic rings. The summed E-state index contributed by atoms with van der Waals surface area (Å²) >= 11 is 6.03. The fraction of sp³-hybridized carbons (Fsp3) is 0.562. The van der Waals surface area contributed by atoms with Gasteiger partial charge in [0.05, 0.1) is 24.0 Å². The molecule has 26 heavy (non-hydrogen) atoms. The van der Waals surface area contributed by atoms with Gasteiger partial charge in [0.15, 0.2) is 0 Å². The number of hydrogen-bond acceptors (Lipinski definition) is 4. The van der Waals surface area contributed by atoms with E-state index in [2.05, 4.69) is 0 Å². The molecule has 1 aromatic carbocycles. The number of benzene rings is 1. The molecule has 0 radical (unpaired) electrons. The van der Waals surface area contributed by atoms with Gasteiger partial charge in [-0.1, -0.05) is 11.6 Å². The molecule has 0 spiro atoms. The van der Waals surface area contributed by atoms with Crippen LogP contribution < -0.4 is 4.72 Å². The van der Waals surface area contributed by atoms with Crippen LogP contribution in [-0.4, -0.2) is 32.1 Å². The van der Waals surface area contributed by atoms with Gasteiger partial charge in [-0.15, -0.1) is 0 Å². The lowest BCUT2D eigenvalue weighted by atomic mass is 9.84. The second kappa shape index (κ2) is 7.36. The topological polar surface area (TPSA) is 72.5 Å². The zero-order valence-corrected chi connectivity index (χ0v) is 15.8. The van der Waals surface area contributed by atoms with Crippen LogP contribution in [0.15, 0.2) is 12.1 Å². The highest BCUT2D eigenvalue weighted by Crippen LogP contribution is 2.40. The van der Waals surface area contributed by atoms with Crippen LogP contribution in [0.2, 0.25) is 5.02 Å². The van der Waals surface area contributed by atoms with E-state index in [4.69, 9.17) is 16.3 Å². The predicted octanol–water partition coefficient (Wildman–Crippen LogP) is 3.65. The van der Waals surface area contributed by atoms with Crippen LogP contribution >= 0.6 is 11.6 Å². The number of rotatable bonds is 5. The molecule has 1 N–H and O–H groups in total. The normalized spacial score (nSPS) is 19.2. The molecule has 10 heteroatoms. The van der Waals surface area contributed by atoms with Gasteiger partial charge in [-0.25, -0.2) is 26.3 Å². The van der Waals surface area contributed by atoms with Gasteiger partial charge in [0.1, 0.15) is 5.82 Å². The van der Waals surface area contributed by atoms with Crippen LogP contribution in [-0.2, 0) is 21.4 Å². The van der Waals surface area contributed by atoms with Gasteiger partial charge in [0.2, 0.25) is 15.9 Å². The molecule has 0 aliphatic heterocycles. The van der Waals surface area contributed by atoms with Gasteiger partial charge in [-0.2, -0.15) is 0 Å². The standard InChI is InChI=1S/C16H19ClF3NO4S/c1-15(3-5-16(19,20)6-4-15)25-9-10-7-13(18)11(8-12(10)17)14(22)21-26(2,23)24/h7-8H,3-6,9H2,1-2H3,(H,21,22). The van der Waals surface area contributed by atoms with Crippen molar-refractivity contribution in [3.05, 3.63) is 34.1 Å². The Morgan fingerprint density at radius 3 is 2.38 bits per heavy atom. The summed E-state index contributed by atoms with van der Waals surface area (Å²) in [4.78, 5) is 11.8. The number of amides is 1. The molecule has 5 nitrogen and oxygen atoms in total. The molecule has 2 rings (SSSR count). The van der Waals surface area contributed by atoms with Crippen LogP contribution in [0, 0.1) is 5.82 Å². The Labute approximate surface area is 154 Å². The second-order valence-corrected chi connectivity index (χ2v) is 8.88. The zero-order chi connectivity index (χ0) is 19.8. The zero-order valence-electron chi connectivity index (χ0n) is 14.2. The Kier molecular flexibility index (Phi) is 5.94. The van der Waals surface area contributed by atoms with Gasteiger partial charge in [-0.3, -0.25) is 4.79 Å². The minimum Gasteiger partial charge on any atom is -0.371 e. The van der Waals surface area contributed by atoms with Crippen LogP contribution in [0.1, 0.15) is 48.5 Å².